The Labute approximate surface area is 140 Å². The van der Waals surface area contributed by atoms with E-state index in [1.807, 2.05) is 37.3 Å². The Balaban J connectivity index is 2.55. The van der Waals surface area contributed by atoms with E-state index in [0.29, 0.717) is 0 Å². The molecule has 1 aliphatic heterocycles. The second-order valence-corrected chi connectivity index (χ2v) is 6.93. The number of carbonyl (C=O) groups is 2. The lowest BCUT2D eigenvalue weighted by Crippen LogP contribution is -2.53. The number of amides is 2. The van der Waals surface area contributed by atoms with Crippen molar-refractivity contribution in [3.63, 3.8) is 0 Å². The zero-order valence-electron chi connectivity index (χ0n) is 11.7. The zero-order valence-corrected chi connectivity index (χ0v) is 14.8. The van der Waals surface area contributed by atoms with Crippen LogP contribution in [0, 0.1) is 0 Å². The fraction of sp³-hybridized carbons (Fsp3) is 0.429. The van der Waals surface area contributed by atoms with E-state index in [0.717, 1.165) is 5.56 Å². The third-order valence-corrected chi connectivity index (χ3v) is 6.45. The number of nitrogens with zero attached hydrogens (tertiary/aromatic N) is 2. The van der Waals surface area contributed by atoms with Gasteiger partial charge in [0.1, 0.15) is 0 Å². The predicted octanol–water partition coefficient (Wildman–Crippen LogP) is 3.05. The van der Waals surface area contributed by atoms with Crippen molar-refractivity contribution >= 4 is 43.9 Å². The molecular weight excluding hydrogens is 404 g/mol. The fourth-order valence-corrected chi connectivity index (χ4v) is 3.45. The van der Waals surface area contributed by atoms with Crippen LogP contribution in [0.2, 0.25) is 0 Å². The lowest BCUT2D eigenvalue weighted by molar-refractivity contribution is -0.143. The Kier molecular flexibility index (Phi) is 4.63. The number of carboxylic acids is 1. The SMILES string of the molecule is C[C@@H]1[C@H](c2ccccc2)N(C(Br)(CBr)C(=O)O)C(=O)N1C. The molecule has 1 aliphatic rings. The van der Waals surface area contributed by atoms with Crippen LogP contribution in [0.1, 0.15) is 18.5 Å². The maximum atomic E-state index is 12.5. The summed E-state index contributed by atoms with van der Waals surface area (Å²) in [4.78, 5) is 27.2. The van der Waals surface area contributed by atoms with Gasteiger partial charge < -0.3 is 10.0 Å². The topological polar surface area (TPSA) is 60.9 Å². The molecule has 0 bridgehead atoms. The molecule has 3 atom stereocenters. The Bertz CT molecular complexity index is 554. The molecule has 114 valence electrons. The Morgan fingerprint density at radius 3 is 2.43 bits per heavy atom. The van der Waals surface area contributed by atoms with Crippen molar-refractivity contribution in [1.82, 2.24) is 9.80 Å². The molecular formula is C14H16Br2N2O3. The number of hydrogen-bond acceptors (Lipinski definition) is 2. The lowest BCUT2D eigenvalue weighted by atomic mass is 9.99. The van der Waals surface area contributed by atoms with Crippen LogP contribution in [0.5, 0.6) is 0 Å². The average Bonchev–Trinajstić information content (AvgIpc) is 2.71. The van der Waals surface area contributed by atoms with Crippen molar-refractivity contribution in [3.05, 3.63) is 35.9 Å². The Hall–Kier alpha value is -1.08. The summed E-state index contributed by atoms with van der Waals surface area (Å²) in [6, 6.07) is 8.69. The van der Waals surface area contributed by atoms with Crippen LogP contribution in [0.3, 0.4) is 0 Å². The minimum atomic E-state index is -1.48. The van der Waals surface area contributed by atoms with Crippen LogP contribution in [0.15, 0.2) is 30.3 Å². The molecule has 1 aromatic carbocycles. The molecule has 0 spiro atoms. The van der Waals surface area contributed by atoms with Crippen molar-refractivity contribution < 1.29 is 14.7 Å². The molecule has 1 heterocycles. The van der Waals surface area contributed by atoms with Gasteiger partial charge in [-0.25, -0.2) is 9.59 Å². The van der Waals surface area contributed by atoms with Gasteiger partial charge in [0.05, 0.1) is 12.1 Å². The predicted molar refractivity (Wildman–Crippen MR) is 86.7 cm³/mol. The van der Waals surface area contributed by atoms with Crippen LogP contribution in [0.25, 0.3) is 0 Å². The third-order valence-electron chi connectivity index (χ3n) is 3.88. The van der Waals surface area contributed by atoms with Crippen LogP contribution < -0.4 is 0 Å². The highest BCUT2D eigenvalue weighted by Gasteiger charge is 2.54. The fourth-order valence-electron chi connectivity index (χ4n) is 2.57. The summed E-state index contributed by atoms with van der Waals surface area (Å²) in [5, 5.41) is 9.65. The van der Waals surface area contributed by atoms with Crippen molar-refractivity contribution in [1.29, 1.82) is 0 Å². The van der Waals surface area contributed by atoms with Crippen LogP contribution in [0.4, 0.5) is 4.79 Å². The molecule has 0 aromatic heterocycles. The van der Waals surface area contributed by atoms with Gasteiger partial charge in [0.2, 0.25) is 4.45 Å². The van der Waals surface area contributed by atoms with Crippen molar-refractivity contribution in [2.75, 3.05) is 12.4 Å². The van der Waals surface area contributed by atoms with Crippen LogP contribution in [-0.2, 0) is 4.79 Å². The first kappa shape index (κ1) is 16.3. The highest BCUT2D eigenvalue weighted by Crippen LogP contribution is 2.42. The number of alkyl halides is 2. The van der Waals surface area contributed by atoms with Crippen LogP contribution in [-0.4, -0.2) is 49.8 Å². The van der Waals surface area contributed by atoms with E-state index >= 15 is 0 Å². The standard InChI is InChI=1S/C14H16Br2N2O3/c1-9-11(10-6-4-3-5-7-10)18(13(21)17(9)2)14(16,8-15)12(19)20/h3-7,9,11H,8H2,1-2H3,(H,19,20)/t9-,11-,14?/m1/s1. The van der Waals surface area contributed by atoms with Gasteiger partial charge in [-0.1, -0.05) is 46.3 Å². The molecule has 21 heavy (non-hydrogen) atoms. The van der Waals surface area contributed by atoms with Gasteiger partial charge in [0.25, 0.3) is 0 Å². The first-order chi connectivity index (χ1) is 9.84. The van der Waals surface area contributed by atoms with E-state index in [1.54, 1.807) is 11.9 Å². The Morgan fingerprint density at radius 1 is 1.38 bits per heavy atom. The summed E-state index contributed by atoms with van der Waals surface area (Å²) < 4.78 is -1.48. The summed E-state index contributed by atoms with van der Waals surface area (Å²) in [5.74, 6) is -1.10. The maximum Gasteiger partial charge on any atom is 0.341 e. The van der Waals surface area contributed by atoms with Crippen molar-refractivity contribution in [2.24, 2.45) is 0 Å². The summed E-state index contributed by atoms with van der Waals surface area (Å²) in [7, 11) is 1.69. The lowest BCUT2D eigenvalue weighted by Gasteiger charge is -2.36. The quantitative estimate of drug-likeness (QED) is 0.602. The normalized spacial score (nSPS) is 25.0. The van der Waals surface area contributed by atoms with Gasteiger partial charge >= 0.3 is 12.0 Å². The number of benzene rings is 1. The molecule has 1 unspecified atom stereocenters. The van der Waals surface area contributed by atoms with E-state index in [-0.39, 0.29) is 23.4 Å². The van der Waals surface area contributed by atoms with Crippen molar-refractivity contribution in [2.45, 2.75) is 23.5 Å². The van der Waals surface area contributed by atoms with Gasteiger partial charge in [0, 0.05) is 12.4 Å². The van der Waals surface area contributed by atoms with Gasteiger partial charge in [0.15, 0.2) is 0 Å². The van der Waals surface area contributed by atoms with E-state index < -0.39 is 10.4 Å². The van der Waals surface area contributed by atoms with Gasteiger partial charge in [-0.2, -0.15) is 0 Å². The third kappa shape index (κ3) is 2.57. The average molecular weight is 420 g/mol. The van der Waals surface area contributed by atoms with E-state index in [9.17, 15) is 14.7 Å². The summed E-state index contributed by atoms with van der Waals surface area (Å²) >= 11 is 6.45. The number of carboxylic acid groups (broad SMARTS) is 1. The first-order valence-corrected chi connectivity index (χ1v) is 8.35. The van der Waals surface area contributed by atoms with Gasteiger partial charge in [-0.15, -0.1) is 0 Å². The number of hydrogen-bond donors (Lipinski definition) is 1. The highest BCUT2D eigenvalue weighted by molar-refractivity contribution is 9.12. The number of carbonyl (C=O) groups excluding carboxylic acids is 1. The highest BCUT2D eigenvalue weighted by atomic mass is 79.9. The van der Waals surface area contributed by atoms with Gasteiger partial charge in [-0.05, 0) is 28.4 Å². The molecule has 0 saturated carbocycles. The molecule has 1 fully saturated rings. The molecule has 1 aromatic rings. The monoisotopic (exact) mass is 418 g/mol. The second-order valence-electron chi connectivity index (χ2n) is 5.06. The first-order valence-electron chi connectivity index (χ1n) is 6.44. The summed E-state index contributed by atoms with van der Waals surface area (Å²) in [6.45, 7) is 1.92. The molecule has 2 amide bonds. The molecule has 5 nitrogen and oxygen atoms in total. The number of likely N-dealkylation sites (N-methyl/N-ethyl adjacent to an activating group) is 1. The minimum absolute atomic E-state index is 0.0883. The maximum absolute atomic E-state index is 12.5. The minimum Gasteiger partial charge on any atom is -0.479 e. The van der Waals surface area contributed by atoms with E-state index in [4.69, 9.17) is 0 Å². The largest absolute Gasteiger partial charge is 0.479 e. The molecule has 0 radical (unpaired) electrons. The summed E-state index contributed by atoms with van der Waals surface area (Å²) in [6.07, 6.45) is 0. The number of halogens is 2. The Morgan fingerprint density at radius 2 is 1.95 bits per heavy atom. The smallest absolute Gasteiger partial charge is 0.341 e. The van der Waals surface area contributed by atoms with Gasteiger partial charge in [-0.3, -0.25) is 4.90 Å². The summed E-state index contributed by atoms with van der Waals surface area (Å²) in [5.41, 5.74) is 0.911. The van der Waals surface area contributed by atoms with Crippen LogP contribution >= 0.6 is 31.9 Å². The number of aliphatic carboxylic acids is 1. The van der Waals surface area contributed by atoms with E-state index in [1.165, 1.54) is 4.90 Å². The molecule has 1 saturated heterocycles. The van der Waals surface area contributed by atoms with E-state index in [2.05, 4.69) is 31.9 Å². The molecule has 1 N–H and O–H groups in total. The molecule has 0 aliphatic carbocycles. The molecule has 2 rings (SSSR count). The number of rotatable bonds is 4. The second kappa shape index (κ2) is 5.96. The zero-order chi connectivity index (χ0) is 15.8. The number of urea groups is 1. The van der Waals surface area contributed by atoms with Crippen molar-refractivity contribution in [3.8, 4) is 0 Å². The molecule has 7 heteroatoms.